The molecular formula is C27H25ClN4O6. The Morgan fingerprint density at radius 1 is 1.13 bits per heavy atom. The minimum Gasteiger partial charge on any atom is -0.493 e. The number of amides is 1. The first-order chi connectivity index (χ1) is 18.2. The van der Waals surface area contributed by atoms with E-state index in [4.69, 9.17) is 37.3 Å². The van der Waals surface area contributed by atoms with E-state index in [1.807, 2.05) is 0 Å². The van der Waals surface area contributed by atoms with Crippen LogP contribution in [0.4, 0.5) is 0 Å². The van der Waals surface area contributed by atoms with Crippen molar-refractivity contribution in [3.05, 3.63) is 94.4 Å². The fraction of sp³-hybridized carbons (Fsp3) is 0.148. The van der Waals surface area contributed by atoms with Crippen molar-refractivity contribution in [2.45, 2.75) is 12.3 Å². The molecule has 0 radical (unpaired) electrons. The van der Waals surface area contributed by atoms with E-state index in [9.17, 15) is 14.7 Å². The number of carbonyl (C=O) groups excluding carboxylic acids is 1. The van der Waals surface area contributed by atoms with Gasteiger partial charge in [-0.2, -0.15) is 0 Å². The number of aliphatic carboxylic acids is 1. The van der Waals surface area contributed by atoms with Crippen LogP contribution in [0.25, 0.3) is 5.70 Å². The number of benzene rings is 2. The largest absolute Gasteiger partial charge is 0.493 e. The first kappa shape index (κ1) is 26.4. The van der Waals surface area contributed by atoms with Gasteiger partial charge in [0.05, 0.1) is 24.7 Å². The number of rotatable bonds is 8. The van der Waals surface area contributed by atoms with Crippen LogP contribution in [0.5, 0.6) is 23.1 Å². The smallest absolute Gasteiger partial charge is 0.311 e. The van der Waals surface area contributed by atoms with E-state index >= 15 is 0 Å². The van der Waals surface area contributed by atoms with Gasteiger partial charge in [0.1, 0.15) is 23.1 Å². The van der Waals surface area contributed by atoms with Crippen molar-refractivity contribution in [3.63, 3.8) is 0 Å². The van der Waals surface area contributed by atoms with Gasteiger partial charge >= 0.3 is 5.97 Å². The van der Waals surface area contributed by atoms with Crippen molar-refractivity contribution in [2.24, 2.45) is 11.5 Å². The average Bonchev–Trinajstić information content (AvgIpc) is 2.92. The van der Waals surface area contributed by atoms with Gasteiger partial charge in [-0.15, -0.1) is 0 Å². The van der Waals surface area contributed by atoms with Gasteiger partial charge in [-0.3, -0.25) is 9.59 Å². The molecule has 0 saturated heterocycles. The monoisotopic (exact) mass is 536 g/mol. The number of halogens is 1. The van der Waals surface area contributed by atoms with Crippen molar-refractivity contribution in [1.82, 2.24) is 10.3 Å². The number of pyridine rings is 1. The molecule has 0 saturated carbocycles. The number of hydrogen-bond donors (Lipinski definition) is 4. The Bertz CT molecular complexity index is 1400. The maximum atomic E-state index is 12.6. The summed E-state index contributed by atoms with van der Waals surface area (Å²) in [6.07, 6.45) is 4.96. The number of nitrogens with zero attached hydrogens (tertiary/aromatic N) is 1. The molecule has 1 aromatic heterocycles. The topological polar surface area (TPSA) is 159 Å². The van der Waals surface area contributed by atoms with E-state index in [0.29, 0.717) is 51.9 Å². The Morgan fingerprint density at radius 3 is 2.53 bits per heavy atom. The molecule has 0 bridgehead atoms. The molecule has 0 aliphatic carbocycles. The van der Waals surface area contributed by atoms with Crippen LogP contribution in [0, 0.1) is 0 Å². The zero-order valence-electron chi connectivity index (χ0n) is 20.3. The molecule has 11 heteroatoms. The van der Waals surface area contributed by atoms with Crippen molar-refractivity contribution >= 4 is 29.2 Å². The molecule has 38 heavy (non-hydrogen) atoms. The molecule has 0 spiro atoms. The van der Waals surface area contributed by atoms with E-state index in [1.54, 1.807) is 60.8 Å². The first-order valence-electron chi connectivity index (χ1n) is 11.5. The highest BCUT2D eigenvalue weighted by atomic mass is 35.5. The van der Waals surface area contributed by atoms with Gasteiger partial charge in [-0.05, 0) is 55.0 Å². The summed E-state index contributed by atoms with van der Waals surface area (Å²) in [6, 6.07) is 12.9. The van der Waals surface area contributed by atoms with E-state index in [-0.39, 0.29) is 17.5 Å². The Hall–Kier alpha value is -4.70. The first-order valence-corrected chi connectivity index (χ1v) is 11.8. The maximum Gasteiger partial charge on any atom is 0.311 e. The van der Waals surface area contributed by atoms with Crippen LogP contribution >= 0.6 is 11.6 Å². The second kappa shape index (κ2) is 11.6. The fourth-order valence-corrected chi connectivity index (χ4v) is 3.93. The Balaban J connectivity index is 1.40. The number of methoxy groups -OCH3 is 1. The third kappa shape index (κ3) is 6.16. The minimum atomic E-state index is -0.933. The van der Waals surface area contributed by atoms with Crippen LogP contribution < -0.4 is 31.0 Å². The van der Waals surface area contributed by atoms with Gasteiger partial charge in [0.2, 0.25) is 5.88 Å². The average molecular weight is 537 g/mol. The van der Waals surface area contributed by atoms with Gasteiger partial charge in [0, 0.05) is 40.7 Å². The molecule has 196 valence electrons. The molecule has 6 N–H and O–H groups in total. The number of carbonyl (C=O) groups is 2. The van der Waals surface area contributed by atoms with Crippen LogP contribution in [0.1, 0.15) is 33.8 Å². The lowest BCUT2D eigenvalue weighted by molar-refractivity contribution is -0.139. The quantitative estimate of drug-likeness (QED) is 0.312. The van der Waals surface area contributed by atoms with Crippen molar-refractivity contribution < 1.29 is 28.9 Å². The second-order valence-electron chi connectivity index (χ2n) is 8.26. The summed E-state index contributed by atoms with van der Waals surface area (Å²) in [5, 5.41) is 12.3. The van der Waals surface area contributed by atoms with Crippen molar-refractivity contribution in [1.29, 1.82) is 0 Å². The normalized spacial score (nSPS) is 15.2. The molecule has 4 rings (SSSR count). The lowest BCUT2D eigenvalue weighted by atomic mass is 9.93. The Morgan fingerprint density at radius 2 is 1.87 bits per heavy atom. The molecule has 0 fully saturated rings. The number of fused-ring (bicyclic) bond motifs is 1. The summed E-state index contributed by atoms with van der Waals surface area (Å²) in [6.45, 7) is 0.285. The summed E-state index contributed by atoms with van der Waals surface area (Å²) in [4.78, 5) is 28.2. The van der Waals surface area contributed by atoms with E-state index in [1.165, 1.54) is 13.2 Å². The lowest BCUT2D eigenvalue weighted by Gasteiger charge is -2.24. The number of nitrogens with one attached hydrogen (secondary N) is 1. The third-order valence-electron chi connectivity index (χ3n) is 5.73. The molecule has 1 aliphatic heterocycles. The van der Waals surface area contributed by atoms with Gasteiger partial charge < -0.3 is 36.1 Å². The number of hydrogen-bond acceptors (Lipinski definition) is 8. The van der Waals surface area contributed by atoms with Crippen LogP contribution in [0.2, 0.25) is 5.02 Å². The minimum absolute atomic E-state index is 0.0975. The van der Waals surface area contributed by atoms with E-state index in [0.717, 1.165) is 0 Å². The number of aromatic nitrogens is 1. The van der Waals surface area contributed by atoms with Crippen molar-refractivity contribution in [2.75, 3.05) is 13.7 Å². The Kier molecular flexibility index (Phi) is 8.03. The van der Waals surface area contributed by atoms with Crippen LogP contribution in [0.3, 0.4) is 0 Å². The second-order valence-corrected chi connectivity index (χ2v) is 8.67. The standard InChI is InChI=1S/C27H25ClN4O6/c1-36-25-9-4-16(14-31-25)21(29)7-8-24(30)32-26(33)15-2-5-17(6-3-15)38-23-13-22-19(12-20(23)28)18(27(34)35)10-11-37-22/h2-9,12-14,18H,10-11,29-30H2,1H3,(H,32,33)(H,34,35)/b21-7-,24-8+. The van der Waals surface area contributed by atoms with E-state index in [2.05, 4.69) is 10.3 Å². The highest BCUT2D eigenvalue weighted by Gasteiger charge is 2.29. The predicted octanol–water partition coefficient (Wildman–Crippen LogP) is 4.02. The highest BCUT2D eigenvalue weighted by molar-refractivity contribution is 6.32. The lowest BCUT2D eigenvalue weighted by Crippen LogP contribution is -2.27. The fourth-order valence-electron chi connectivity index (χ4n) is 3.72. The number of carboxylic acid groups (broad SMARTS) is 1. The molecular weight excluding hydrogens is 512 g/mol. The van der Waals surface area contributed by atoms with Crippen LogP contribution in [-0.2, 0) is 4.79 Å². The van der Waals surface area contributed by atoms with Crippen LogP contribution in [0.15, 0.2) is 72.7 Å². The zero-order valence-corrected chi connectivity index (χ0v) is 21.1. The number of allylic oxidation sites excluding steroid dienone is 2. The molecule has 1 amide bonds. The van der Waals surface area contributed by atoms with E-state index < -0.39 is 17.8 Å². The number of nitrogens with two attached hydrogens (primary N) is 2. The van der Waals surface area contributed by atoms with Gasteiger partial charge in [0.15, 0.2) is 0 Å². The third-order valence-corrected chi connectivity index (χ3v) is 6.02. The van der Waals surface area contributed by atoms with Crippen molar-refractivity contribution in [3.8, 4) is 23.1 Å². The molecule has 1 atom stereocenters. The summed E-state index contributed by atoms with van der Waals surface area (Å²) in [5.41, 5.74) is 13.9. The highest BCUT2D eigenvalue weighted by Crippen LogP contribution is 2.41. The summed E-state index contributed by atoms with van der Waals surface area (Å²) < 4.78 is 16.5. The molecule has 1 unspecified atom stereocenters. The van der Waals surface area contributed by atoms with Gasteiger partial charge in [0.25, 0.3) is 5.91 Å². The SMILES string of the molecule is COc1ccc(/C(N)=C/C=C(\N)NC(=O)c2ccc(Oc3cc4c(cc3Cl)C(C(=O)O)CCO4)cc2)cn1. The maximum absolute atomic E-state index is 12.6. The number of ether oxygens (including phenoxy) is 3. The molecule has 3 aromatic rings. The molecule has 10 nitrogen and oxygen atoms in total. The van der Waals surface area contributed by atoms with Gasteiger partial charge in [-0.25, -0.2) is 4.98 Å². The summed E-state index contributed by atoms with van der Waals surface area (Å²) in [5.74, 6) is -0.344. The van der Waals surface area contributed by atoms with Gasteiger partial charge in [-0.1, -0.05) is 11.6 Å². The zero-order chi connectivity index (χ0) is 27.2. The molecule has 2 heterocycles. The molecule has 2 aromatic carbocycles. The predicted molar refractivity (Wildman–Crippen MR) is 141 cm³/mol. The summed E-state index contributed by atoms with van der Waals surface area (Å²) in [7, 11) is 1.52. The van der Waals surface area contributed by atoms with Crippen LogP contribution in [-0.4, -0.2) is 35.7 Å². The Labute approximate surface area is 223 Å². The number of carboxylic acids is 1. The summed E-state index contributed by atoms with van der Waals surface area (Å²) >= 11 is 6.34. The molecule has 1 aliphatic rings.